The summed E-state index contributed by atoms with van der Waals surface area (Å²) in [6.45, 7) is 3.79. The zero-order valence-corrected chi connectivity index (χ0v) is 7.91. The van der Waals surface area contributed by atoms with E-state index in [1.165, 1.54) is 0 Å². The lowest BCUT2D eigenvalue weighted by atomic mass is 9.15. The van der Waals surface area contributed by atoms with Gasteiger partial charge in [-0.2, -0.15) is 0 Å². The van der Waals surface area contributed by atoms with Crippen LogP contribution in [0, 0.1) is 6.67 Å². The molecule has 1 fully saturated rings. The second-order valence-electron chi connectivity index (χ2n) is 3.84. The smallest absolute Gasteiger partial charge is 0.310 e. The molecule has 0 aliphatic carbocycles. The summed E-state index contributed by atoms with van der Waals surface area (Å²) in [6, 6.07) is 0. The first-order chi connectivity index (χ1) is 7.43. The number of hydrogen-bond acceptors (Lipinski definition) is 4. The first kappa shape index (κ1) is 7.56. The van der Waals surface area contributed by atoms with Crippen molar-refractivity contribution >= 4 is 24.7 Å². The second-order valence-corrected chi connectivity index (χ2v) is 3.84. The molecule has 0 unspecified atom stereocenters. The van der Waals surface area contributed by atoms with Gasteiger partial charge in [-0.1, -0.05) is 0 Å². The van der Waals surface area contributed by atoms with E-state index in [-0.39, 0.29) is 13.5 Å². The summed E-state index contributed by atoms with van der Waals surface area (Å²) in [5.74, 6) is 0. The van der Waals surface area contributed by atoms with Gasteiger partial charge < -0.3 is 9.62 Å². The van der Waals surface area contributed by atoms with E-state index in [0.717, 1.165) is 11.2 Å². The Morgan fingerprint density at radius 3 is 2.00 bits per heavy atom. The highest BCUT2D eigenvalue weighted by Crippen LogP contribution is 2.28. The molecule has 0 aromatic carbocycles. The van der Waals surface area contributed by atoms with Crippen LogP contribution in [0.3, 0.4) is 0 Å². The predicted octanol–water partition coefficient (Wildman–Crippen LogP) is 0.161. The van der Waals surface area contributed by atoms with E-state index < -0.39 is 0 Å². The maximum atomic E-state index is 4.38. The molecule has 0 bridgehead atoms. The van der Waals surface area contributed by atoms with Gasteiger partial charge in [-0.3, -0.25) is 9.98 Å². The average Bonchev–Trinajstić information content (AvgIpc) is 2.66. The highest BCUT2D eigenvalue weighted by molar-refractivity contribution is 7.46. The maximum Gasteiger partial charge on any atom is 0.310 e. The molecule has 0 spiro atoms. The van der Waals surface area contributed by atoms with E-state index in [9.17, 15) is 0 Å². The summed E-state index contributed by atoms with van der Waals surface area (Å²) in [7, 11) is 0. The fourth-order valence-electron chi connectivity index (χ4n) is 2.41. The topological polar surface area (TPSA) is 31.2 Å². The third-order valence-corrected chi connectivity index (χ3v) is 3.06. The van der Waals surface area contributed by atoms with Crippen molar-refractivity contribution in [2.75, 3.05) is 0 Å². The van der Waals surface area contributed by atoms with Crippen LogP contribution in [0.5, 0.6) is 0 Å². The summed E-state index contributed by atoms with van der Waals surface area (Å²) in [4.78, 5) is 12.9. The van der Waals surface area contributed by atoms with Gasteiger partial charge >= 0.3 is 13.5 Å². The van der Waals surface area contributed by atoms with Crippen molar-refractivity contribution in [2.45, 2.75) is 0 Å². The van der Waals surface area contributed by atoms with Gasteiger partial charge in [0.2, 0.25) is 0 Å². The van der Waals surface area contributed by atoms with Crippen molar-refractivity contribution < 1.29 is 0 Å². The Hall–Kier alpha value is -1.71. The van der Waals surface area contributed by atoms with Gasteiger partial charge in [0.05, 0.1) is 0 Å². The number of hydrogen-bond donors (Lipinski definition) is 0. The van der Waals surface area contributed by atoms with E-state index in [4.69, 9.17) is 0 Å². The molecule has 0 aromatic heterocycles. The van der Waals surface area contributed by atoms with Crippen LogP contribution in [0.15, 0.2) is 46.9 Å². The van der Waals surface area contributed by atoms with Gasteiger partial charge in [-0.05, 0) is 12.2 Å². The van der Waals surface area contributed by atoms with E-state index in [1.807, 2.05) is 37.0 Å². The molecule has 0 saturated carbocycles. The summed E-state index contributed by atoms with van der Waals surface area (Å²) in [6.07, 6.45) is 11.6. The average molecular weight is 192 g/mol. The molecule has 0 amide bonds. The van der Waals surface area contributed by atoms with E-state index >= 15 is 0 Å². The van der Waals surface area contributed by atoms with E-state index in [0.29, 0.717) is 0 Å². The van der Waals surface area contributed by atoms with Crippen LogP contribution >= 0.6 is 0 Å². The van der Waals surface area contributed by atoms with Crippen molar-refractivity contribution in [3.05, 3.63) is 43.6 Å². The van der Waals surface area contributed by atoms with Crippen LogP contribution in [0.25, 0.3) is 0 Å². The van der Waals surface area contributed by atoms with Crippen LogP contribution in [-0.2, 0) is 0 Å². The number of aliphatic imine (C=N–C) groups is 2. The van der Waals surface area contributed by atoms with Crippen molar-refractivity contribution in [1.82, 2.24) is 9.62 Å². The molecular formula is C9H6B2N4. The molecule has 0 N–H and O–H groups in total. The zero-order chi connectivity index (χ0) is 9.83. The highest BCUT2D eigenvalue weighted by Gasteiger charge is 2.53. The Morgan fingerprint density at radius 1 is 0.933 bits per heavy atom. The molecule has 1 saturated heterocycles. The Labute approximate surface area is 88.6 Å². The SMILES string of the molecule is [C]1N2C=CN=C3C=CC4=NC=CN1B4B32. The number of nitrogens with zero attached hydrogens (tertiary/aromatic N) is 4. The molecule has 4 nitrogen and oxygen atoms in total. The summed E-state index contributed by atoms with van der Waals surface area (Å²) < 4.78 is 0. The highest BCUT2D eigenvalue weighted by atomic mass is 15.3. The molecule has 0 atom stereocenters. The molecule has 4 aliphatic rings. The fraction of sp³-hybridized carbons (Fsp3) is 0. The summed E-state index contributed by atoms with van der Waals surface area (Å²) >= 11 is 0. The van der Waals surface area contributed by atoms with Crippen molar-refractivity contribution in [1.29, 1.82) is 0 Å². The van der Waals surface area contributed by atoms with E-state index in [1.54, 1.807) is 0 Å². The Balaban J connectivity index is 1.94. The van der Waals surface area contributed by atoms with Crippen LogP contribution in [0.1, 0.15) is 0 Å². The maximum absolute atomic E-state index is 4.38. The van der Waals surface area contributed by atoms with Gasteiger partial charge in [0.15, 0.2) is 6.67 Å². The van der Waals surface area contributed by atoms with Crippen LogP contribution < -0.4 is 0 Å². The predicted molar refractivity (Wildman–Crippen MR) is 60.7 cm³/mol. The second kappa shape index (κ2) is 2.45. The molecule has 4 rings (SSSR count). The quantitative estimate of drug-likeness (QED) is 0.511. The minimum absolute atomic E-state index is 0.253. The largest absolute Gasteiger partial charge is 0.390 e. The van der Waals surface area contributed by atoms with Gasteiger partial charge in [-0.15, -0.1) is 0 Å². The fourth-order valence-corrected chi connectivity index (χ4v) is 2.41. The lowest BCUT2D eigenvalue weighted by Gasteiger charge is -2.27. The standard InChI is InChI=1S/C9H6B2N4/c1-2-9-11-10-8(1)12-3-5-14(10)7-15(11)6-4-13-9/h1-6H. The summed E-state index contributed by atoms with van der Waals surface area (Å²) in [5, 5.41) is 0. The third-order valence-electron chi connectivity index (χ3n) is 3.06. The Morgan fingerprint density at radius 2 is 1.47 bits per heavy atom. The minimum atomic E-state index is 0.253. The minimum Gasteiger partial charge on any atom is -0.390 e. The van der Waals surface area contributed by atoms with Gasteiger partial charge in [-0.25, -0.2) is 0 Å². The zero-order valence-electron chi connectivity index (χ0n) is 7.91. The lowest BCUT2D eigenvalue weighted by Crippen LogP contribution is -2.57. The molecule has 6 heteroatoms. The number of allylic oxidation sites excluding steroid dienone is 2. The van der Waals surface area contributed by atoms with E-state index in [2.05, 4.69) is 26.3 Å². The Kier molecular flexibility index (Phi) is 1.24. The van der Waals surface area contributed by atoms with Crippen LogP contribution in [0.4, 0.5) is 0 Å². The van der Waals surface area contributed by atoms with Gasteiger partial charge in [0, 0.05) is 36.0 Å². The van der Waals surface area contributed by atoms with Crippen molar-refractivity contribution in [3.8, 4) is 0 Å². The Bertz CT molecular complexity index is 435. The molecule has 2 radical (unpaired) electrons. The molecule has 4 aliphatic heterocycles. The van der Waals surface area contributed by atoms with Crippen molar-refractivity contribution in [2.24, 2.45) is 9.98 Å². The normalized spacial score (nSPS) is 24.5. The van der Waals surface area contributed by atoms with Gasteiger partial charge in [0.25, 0.3) is 0 Å². The molecule has 15 heavy (non-hydrogen) atoms. The molecular weight excluding hydrogens is 186 g/mol. The monoisotopic (exact) mass is 192 g/mol. The molecule has 4 heterocycles. The van der Waals surface area contributed by atoms with Crippen LogP contribution in [0.2, 0.25) is 0 Å². The first-order valence-corrected chi connectivity index (χ1v) is 4.93. The molecule has 68 valence electrons. The third kappa shape index (κ3) is 0.843. The molecule has 0 aromatic rings. The van der Waals surface area contributed by atoms with Crippen molar-refractivity contribution in [3.63, 3.8) is 0 Å². The lowest BCUT2D eigenvalue weighted by molar-refractivity contribution is 0.559. The van der Waals surface area contributed by atoms with Gasteiger partial charge in [0.1, 0.15) is 0 Å². The first-order valence-electron chi connectivity index (χ1n) is 4.93. The number of rotatable bonds is 0. The van der Waals surface area contributed by atoms with Crippen LogP contribution in [-0.4, -0.2) is 34.3 Å². The summed E-state index contributed by atoms with van der Waals surface area (Å²) in [5.41, 5.74) is 2.18.